The van der Waals surface area contributed by atoms with Gasteiger partial charge in [-0.2, -0.15) is 5.21 Å². The molecule has 1 heterocycles. The Hall–Kier alpha value is -3.47. The maximum Gasteiger partial charge on any atom is 0.205 e. The van der Waals surface area contributed by atoms with Crippen LogP contribution in [0.25, 0.3) is 11.1 Å². The summed E-state index contributed by atoms with van der Waals surface area (Å²) in [5, 5.41) is 14.8. The lowest BCUT2D eigenvalue weighted by Crippen LogP contribution is -2.25. The van der Waals surface area contributed by atoms with Gasteiger partial charge in [0.15, 0.2) is 0 Å². The number of nitrogens with zero attached hydrogens (tertiary/aromatic N) is 3. The van der Waals surface area contributed by atoms with Crippen molar-refractivity contribution in [1.29, 1.82) is 0 Å². The van der Waals surface area contributed by atoms with E-state index >= 15 is 0 Å². The lowest BCUT2D eigenvalue weighted by atomic mass is 9.62. The second-order valence-corrected chi connectivity index (χ2v) is 6.50. The van der Waals surface area contributed by atoms with Gasteiger partial charge < -0.3 is 4.74 Å². The van der Waals surface area contributed by atoms with Gasteiger partial charge in [-0.25, -0.2) is 0 Å². The van der Waals surface area contributed by atoms with Crippen molar-refractivity contribution in [3.63, 3.8) is 0 Å². The molecule has 5 nitrogen and oxygen atoms in total. The molecule has 2 aliphatic rings. The van der Waals surface area contributed by atoms with E-state index in [2.05, 4.69) is 69.2 Å². The molecule has 2 bridgehead atoms. The molecule has 5 rings (SSSR count). The summed E-state index contributed by atoms with van der Waals surface area (Å²) in [5.41, 5.74) is 7.06. The Morgan fingerprint density at radius 1 is 1.00 bits per heavy atom. The van der Waals surface area contributed by atoms with Crippen LogP contribution in [0.3, 0.4) is 0 Å². The molecule has 1 aromatic heterocycles. The van der Waals surface area contributed by atoms with E-state index in [0.29, 0.717) is 12.4 Å². The minimum atomic E-state index is 0.154. The molecule has 2 aliphatic carbocycles. The van der Waals surface area contributed by atoms with Gasteiger partial charge in [0, 0.05) is 17.1 Å². The number of hydrogen-bond acceptors (Lipinski definition) is 4. The fraction of sp³-hybridized carbons (Fsp3) is 0.136. The van der Waals surface area contributed by atoms with Crippen molar-refractivity contribution in [3.05, 3.63) is 94.8 Å². The molecule has 0 amide bonds. The van der Waals surface area contributed by atoms with Crippen LogP contribution in [0.4, 0.5) is 0 Å². The summed E-state index contributed by atoms with van der Waals surface area (Å²) in [4.78, 5) is 0. The summed E-state index contributed by atoms with van der Waals surface area (Å²) in [6, 6.07) is 18.7. The zero-order valence-corrected chi connectivity index (χ0v) is 14.9. The number of fused-ring (bicyclic) bond motifs is 2. The van der Waals surface area contributed by atoms with Crippen molar-refractivity contribution in [2.24, 2.45) is 0 Å². The molecule has 3 aromatic rings. The molecule has 132 valence electrons. The fourth-order valence-corrected chi connectivity index (χ4v) is 3.97. The van der Waals surface area contributed by atoms with E-state index in [0.717, 1.165) is 11.3 Å². The minimum Gasteiger partial charge on any atom is -0.494 e. The second kappa shape index (κ2) is 6.36. The number of allylic oxidation sites excluding steroid dienone is 6. The van der Waals surface area contributed by atoms with Gasteiger partial charge in [-0.1, -0.05) is 60.7 Å². The van der Waals surface area contributed by atoms with Gasteiger partial charge in [-0.15, -0.1) is 10.2 Å². The molecule has 1 atom stereocenters. The summed E-state index contributed by atoms with van der Waals surface area (Å²) in [7, 11) is 0. The van der Waals surface area contributed by atoms with Crippen molar-refractivity contribution < 1.29 is 4.74 Å². The quantitative estimate of drug-likeness (QED) is 0.747. The lowest BCUT2D eigenvalue weighted by molar-refractivity contribution is 0.336. The van der Waals surface area contributed by atoms with Crippen LogP contribution < -0.4 is 4.74 Å². The summed E-state index contributed by atoms with van der Waals surface area (Å²) in [6.07, 6.45) is 4.36. The third-order valence-corrected chi connectivity index (χ3v) is 5.06. The summed E-state index contributed by atoms with van der Waals surface area (Å²) in [6.45, 7) is 2.65. The molecule has 1 N–H and O–H groups in total. The molecule has 1 unspecified atom stereocenters. The van der Waals surface area contributed by atoms with Gasteiger partial charge in [0.25, 0.3) is 0 Å². The van der Waals surface area contributed by atoms with Crippen LogP contribution in [0.1, 0.15) is 29.8 Å². The van der Waals surface area contributed by atoms with Gasteiger partial charge in [0.05, 0.1) is 6.61 Å². The number of benzene rings is 2. The van der Waals surface area contributed by atoms with Crippen molar-refractivity contribution in [1.82, 2.24) is 20.6 Å². The minimum absolute atomic E-state index is 0.154. The third kappa shape index (κ3) is 2.43. The Morgan fingerprint density at radius 3 is 2.59 bits per heavy atom. The first-order valence-corrected chi connectivity index (χ1v) is 9.06. The highest BCUT2D eigenvalue weighted by molar-refractivity contribution is 6.06. The first kappa shape index (κ1) is 15.8. The summed E-state index contributed by atoms with van der Waals surface area (Å²) < 4.78 is 5.91. The zero-order valence-electron chi connectivity index (χ0n) is 14.9. The molecule has 0 aliphatic heterocycles. The number of rotatable bonds is 5. The average molecular weight is 354 g/mol. The van der Waals surface area contributed by atoms with Crippen LogP contribution in [-0.4, -0.2) is 27.2 Å². The highest BCUT2D eigenvalue weighted by atomic mass is 16.5. The predicted octanol–water partition coefficient (Wildman–Crippen LogP) is 4.17. The number of H-pyrrole nitrogens is 1. The zero-order chi connectivity index (χ0) is 18.2. The highest BCUT2D eigenvalue weighted by Crippen LogP contribution is 2.59. The molecular formula is C22H18N4O. The van der Waals surface area contributed by atoms with Crippen molar-refractivity contribution in [2.45, 2.75) is 12.8 Å². The Morgan fingerprint density at radius 2 is 1.81 bits per heavy atom. The normalized spacial score (nSPS) is 17.9. The van der Waals surface area contributed by atoms with Crippen molar-refractivity contribution in [2.75, 3.05) is 6.61 Å². The molecule has 27 heavy (non-hydrogen) atoms. The first-order valence-electron chi connectivity index (χ1n) is 9.06. The Bertz CT molecular complexity index is 1080. The van der Waals surface area contributed by atoms with Crippen LogP contribution in [0.5, 0.6) is 5.75 Å². The largest absolute Gasteiger partial charge is 0.494 e. The number of hydrogen-bond donors (Lipinski definition) is 1. The Kier molecular flexibility index (Phi) is 3.71. The summed E-state index contributed by atoms with van der Waals surface area (Å²) in [5.74, 6) is 1.72. The van der Waals surface area contributed by atoms with Gasteiger partial charge in [0.1, 0.15) is 5.75 Å². The monoisotopic (exact) mass is 354 g/mol. The molecule has 0 radical (unpaired) electrons. The molecule has 0 saturated carbocycles. The van der Waals surface area contributed by atoms with E-state index in [9.17, 15) is 0 Å². The SMILES string of the molecule is CCOc1ccccc1C1c2ccc(-c3ccccc3)c1c2-c1nn[nH]n1. The fourth-order valence-electron chi connectivity index (χ4n) is 3.97. The van der Waals surface area contributed by atoms with Crippen LogP contribution in [0.15, 0.2) is 77.9 Å². The van der Waals surface area contributed by atoms with E-state index in [1.807, 2.05) is 25.1 Å². The number of aromatic amines is 1. The van der Waals surface area contributed by atoms with Gasteiger partial charge in [-0.05, 0) is 40.5 Å². The lowest BCUT2D eigenvalue weighted by Gasteiger charge is -2.40. The molecule has 2 aromatic carbocycles. The molecule has 5 heteroatoms. The predicted molar refractivity (Wildman–Crippen MR) is 104 cm³/mol. The molecule has 0 fully saturated rings. The van der Waals surface area contributed by atoms with Crippen LogP contribution in [0.2, 0.25) is 0 Å². The number of tetrazole rings is 1. The first-order chi connectivity index (χ1) is 13.4. The number of nitrogens with one attached hydrogen (secondary N) is 1. The second-order valence-electron chi connectivity index (χ2n) is 6.50. The van der Waals surface area contributed by atoms with E-state index in [-0.39, 0.29) is 5.92 Å². The van der Waals surface area contributed by atoms with Crippen molar-refractivity contribution >= 4 is 11.1 Å². The third-order valence-electron chi connectivity index (χ3n) is 5.06. The van der Waals surface area contributed by atoms with Gasteiger partial charge in [-0.3, -0.25) is 0 Å². The average Bonchev–Trinajstić information content (AvgIpc) is 3.24. The molecule has 0 saturated heterocycles. The van der Waals surface area contributed by atoms with Crippen molar-refractivity contribution in [3.8, 4) is 5.75 Å². The molecule has 0 spiro atoms. The van der Waals surface area contributed by atoms with Crippen LogP contribution in [-0.2, 0) is 0 Å². The number of aromatic nitrogens is 4. The van der Waals surface area contributed by atoms with Crippen LogP contribution in [0, 0.1) is 0 Å². The van der Waals surface area contributed by atoms with E-state index in [1.54, 1.807) is 0 Å². The van der Waals surface area contributed by atoms with E-state index < -0.39 is 0 Å². The van der Waals surface area contributed by atoms with Gasteiger partial charge in [0.2, 0.25) is 5.82 Å². The summed E-state index contributed by atoms with van der Waals surface area (Å²) >= 11 is 0. The van der Waals surface area contributed by atoms with E-state index in [1.165, 1.54) is 27.8 Å². The van der Waals surface area contributed by atoms with E-state index in [4.69, 9.17) is 4.74 Å². The Balaban J connectivity index is 1.68. The van der Waals surface area contributed by atoms with Gasteiger partial charge >= 0.3 is 0 Å². The number of ether oxygens (including phenoxy) is 1. The maximum absolute atomic E-state index is 5.91. The number of para-hydroxylation sites is 1. The Labute approximate surface area is 157 Å². The highest BCUT2D eigenvalue weighted by Gasteiger charge is 2.43. The molecular weight excluding hydrogens is 336 g/mol. The maximum atomic E-state index is 5.91. The topological polar surface area (TPSA) is 63.7 Å². The van der Waals surface area contributed by atoms with Crippen LogP contribution >= 0.6 is 0 Å². The standard InChI is InChI=1S/C22H18N4O/c1-2-27-18-11-7-6-10-16(18)19-17-13-12-15(14-8-4-3-5-9-14)20(19)21(17)22-23-25-26-24-22/h3-13,19H,2H2,1H3,(H,23,24,25,26). The smallest absolute Gasteiger partial charge is 0.205 e.